The van der Waals surface area contributed by atoms with Crippen molar-refractivity contribution in [1.29, 1.82) is 0 Å². The third-order valence-corrected chi connectivity index (χ3v) is 4.30. The van der Waals surface area contributed by atoms with Crippen LogP contribution in [0, 0.1) is 19.8 Å². The van der Waals surface area contributed by atoms with Crippen LogP contribution < -0.4 is 0 Å². The highest BCUT2D eigenvalue weighted by Crippen LogP contribution is 2.19. The predicted molar refractivity (Wildman–Crippen MR) is 84.7 cm³/mol. The van der Waals surface area contributed by atoms with E-state index in [0.717, 1.165) is 23.4 Å². The topological polar surface area (TPSA) is 75.4 Å². The fraction of sp³-hybridized carbons (Fsp3) is 0.688. The number of amides is 1. The van der Waals surface area contributed by atoms with Crippen molar-refractivity contribution in [2.45, 2.75) is 53.5 Å². The smallest absolute Gasteiger partial charge is 0.323 e. The van der Waals surface area contributed by atoms with Gasteiger partial charge in [-0.3, -0.25) is 14.3 Å². The molecule has 2 atom stereocenters. The fourth-order valence-corrected chi connectivity index (χ4v) is 2.61. The molecule has 1 rings (SSSR count). The Morgan fingerprint density at radius 1 is 1.32 bits per heavy atom. The van der Waals surface area contributed by atoms with Crippen molar-refractivity contribution in [1.82, 2.24) is 14.7 Å². The quantitative estimate of drug-likeness (QED) is 0.835. The Kier molecular flexibility index (Phi) is 6.14. The van der Waals surface area contributed by atoms with E-state index in [-0.39, 0.29) is 24.4 Å². The number of carbonyl (C=O) groups excluding carboxylic acids is 1. The first kappa shape index (κ1) is 18.2. The van der Waals surface area contributed by atoms with Crippen LogP contribution in [0.5, 0.6) is 0 Å². The van der Waals surface area contributed by atoms with Crippen molar-refractivity contribution in [2.24, 2.45) is 13.0 Å². The lowest BCUT2D eigenvalue weighted by Gasteiger charge is -2.29. The van der Waals surface area contributed by atoms with Gasteiger partial charge in [0.25, 0.3) is 0 Å². The molecule has 1 aromatic rings. The molecule has 0 saturated carbocycles. The van der Waals surface area contributed by atoms with E-state index >= 15 is 0 Å². The number of aromatic nitrogens is 2. The molecule has 0 fully saturated rings. The molecule has 0 aliphatic heterocycles. The summed E-state index contributed by atoms with van der Waals surface area (Å²) in [7, 11) is 1.88. The van der Waals surface area contributed by atoms with E-state index in [9.17, 15) is 9.59 Å². The van der Waals surface area contributed by atoms with Gasteiger partial charge in [-0.15, -0.1) is 0 Å². The molecule has 0 spiro atoms. The number of aryl methyl sites for hydroxylation is 2. The molecule has 6 nitrogen and oxygen atoms in total. The van der Waals surface area contributed by atoms with Crippen molar-refractivity contribution in [3.05, 3.63) is 17.0 Å². The zero-order valence-electron chi connectivity index (χ0n) is 14.4. The second-order valence-electron chi connectivity index (χ2n) is 6.00. The molecule has 0 bridgehead atoms. The molecular weight excluding hydrogens is 282 g/mol. The Bertz CT molecular complexity index is 551. The predicted octanol–water partition coefficient (Wildman–Crippen LogP) is 1.93. The number of nitrogens with zero attached hydrogens (tertiary/aromatic N) is 3. The van der Waals surface area contributed by atoms with E-state index in [4.69, 9.17) is 5.11 Å². The second kappa shape index (κ2) is 7.42. The molecule has 0 saturated heterocycles. The highest BCUT2D eigenvalue weighted by atomic mass is 16.4. The lowest BCUT2D eigenvalue weighted by Crippen LogP contribution is -2.44. The SMILES string of the molecule is CCC(C)N(CC(=O)O)C(=O)C(C)Cc1c(C)nn(C)c1C. The third-order valence-electron chi connectivity index (χ3n) is 4.30. The standard InChI is InChI=1S/C16H27N3O3/c1-7-11(3)19(9-15(20)21)16(22)10(2)8-14-12(4)17-18(6)13(14)5/h10-11H,7-9H2,1-6H3,(H,20,21). The van der Waals surface area contributed by atoms with Gasteiger partial charge in [-0.1, -0.05) is 13.8 Å². The van der Waals surface area contributed by atoms with Gasteiger partial charge in [0.15, 0.2) is 0 Å². The van der Waals surface area contributed by atoms with E-state index in [0.29, 0.717) is 6.42 Å². The van der Waals surface area contributed by atoms with Crippen LogP contribution in [0.25, 0.3) is 0 Å². The zero-order valence-corrected chi connectivity index (χ0v) is 14.4. The maximum Gasteiger partial charge on any atom is 0.323 e. The first-order valence-corrected chi connectivity index (χ1v) is 7.70. The minimum atomic E-state index is -0.977. The number of carboxylic acids is 1. The van der Waals surface area contributed by atoms with Gasteiger partial charge in [-0.25, -0.2) is 0 Å². The Labute approximate surface area is 132 Å². The summed E-state index contributed by atoms with van der Waals surface area (Å²) in [5, 5.41) is 13.4. The van der Waals surface area contributed by atoms with Crippen molar-refractivity contribution in [3.63, 3.8) is 0 Å². The first-order chi connectivity index (χ1) is 10.2. The Morgan fingerprint density at radius 2 is 1.91 bits per heavy atom. The number of rotatable bonds is 7. The van der Waals surface area contributed by atoms with Crippen LogP contribution in [0.1, 0.15) is 44.1 Å². The monoisotopic (exact) mass is 309 g/mol. The number of aliphatic carboxylic acids is 1. The van der Waals surface area contributed by atoms with Crippen molar-refractivity contribution in [2.75, 3.05) is 6.54 Å². The van der Waals surface area contributed by atoms with Gasteiger partial charge in [0.2, 0.25) is 5.91 Å². The van der Waals surface area contributed by atoms with E-state index in [1.165, 1.54) is 4.90 Å². The summed E-state index contributed by atoms with van der Waals surface area (Å²) in [5.74, 6) is -1.36. The molecule has 6 heteroatoms. The third kappa shape index (κ3) is 4.08. The molecule has 0 aliphatic rings. The second-order valence-corrected chi connectivity index (χ2v) is 6.00. The molecule has 0 radical (unpaired) electrons. The maximum atomic E-state index is 12.6. The van der Waals surface area contributed by atoms with Crippen LogP contribution in [-0.4, -0.2) is 44.3 Å². The van der Waals surface area contributed by atoms with Crippen molar-refractivity contribution in [3.8, 4) is 0 Å². The van der Waals surface area contributed by atoms with Gasteiger partial charge in [-0.05, 0) is 39.2 Å². The molecule has 1 N–H and O–H groups in total. The molecule has 1 amide bonds. The van der Waals surface area contributed by atoms with Crippen LogP contribution in [0.3, 0.4) is 0 Å². The summed E-state index contributed by atoms with van der Waals surface area (Å²) in [5.41, 5.74) is 3.04. The highest BCUT2D eigenvalue weighted by molar-refractivity contribution is 5.83. The summed E-state index contributed by atoms with van der Waals surface area (Å²) >= 11 is 0. The minimum Gasteiger partial charge on any atom is -0.480 e. The minimum absolute atomic E-state index is 0.0813. The van der Waals surface area contributed by atoms with Gasteiger partial charge >= 0.3 is 5.97 Å². The fourth-order valence-electron chi connectivity index (χ4n) is 2.61. The molecule has 124 valence electrons. The average molecular weight is 309 g/mol. The average Bonchev–Trinajstić information content (AvgIpc) is 2.69. The van der Waals surface area contributed by atoms with Crippen LogP contribution in [-0.2, 0) is 23.1 Å². The number of carbonyl (C=O) groups is 2. The molecule has 1 heterocycles. The number of hydrogen-bond donors (Lipinski definition) is 1. The highest BCUT2D eigenvalue weighted by Gasteiger charge is 2.27. The first-order valence-electron chi connectivity index (χ1n) is 7.70. The van der Waals surface area contributed by atoms with Crippen LogP contribution in [0.4, 0.5) is 0 Å². The van der Waals surface area contributed by atoms with Crippen LogP contribution >= 0.6 is 0 Å². The largest absolute Gasteiger partial charge is 0.480 e. The zero-order chi connectivity index (χ0) is 17.0. The van der Waals surface area contributed by atoms with E-state index in [1.807, 2.05) is 46.3 Å². The summed E-state index contributed by atoms with van der Waals surface area (Å²) in [6, 6.07) is -0.0813. The molecule has 2 unspecified atom stereocenters. The maximum absolute atomic E-state index is 12.6. The van der Waals surface area contributed by atoms with Gasteiger partial charge in [0.05, 0.1) is 5.69 Å². The summed E-state index contributed by atoms with van der Waals surface area (Å²) in [6.45, 7) is 9.36. The molecular formula is C16H27N3O3. The molecule has 22 heavy (non-hydrogen) atoms. The lowest BCUT2D eigenvalue weighted by molar-refractivity contribution is -0.147. The Balaban J connectivity index is 2.91. The normalized spacial score (nSPS) is 13.7. The Morgan fingerprint density at radius 3 is 2.32 bits per heavy atom. The molecule has 0 aliphatic carbocycles. The number of carboxylic acid groups (broad SMARTS) is 1. The van der Waals surface area contributed by atoms with Gasteiger partial charge in [0, 0.05) is 24.7 Å². The van der Waals surface area contributed by atoms with Gasteiger partial charge in [0.1, 0.15) is 6.54 Å². The number of hydrogen-bond acceptors (Lipinski definition) is 3. The van der Waals surface area contributed by atoms with Gasteiger partial charge < -0.3 is 10.0 Å². The van der Waals surface area contributed by atoms with Gasteiger partial charge in [-0.2, -0.15) is 5.10 Å². The van der Waals surface area contributed by atoms with Crippen molar-refractivity contribution < 1.29 is 14.7 Å². The summed E-state index contributed by atoms with van der Waals surface area (Å²) in [6.07, 6.45) is 1.31. The van der Waals surface area contributed by atoms with Crippen molar-refractivity contribution >= 4 is 11.9 Å². The molecule has 0 aromatic carbocycles. The molecule has 1 aromatic heterocycles. The van der Waals surface area contributed by atoms with Crippen LogP contribution in [0.2, 0.25) is 0 Å². The lowest BCUT2D eigenvalue weighted by atomic mass is 9.97. The summed E-state index contributed by atoms with van der Waals surface area (Å²) < 4.78 is 1.81. The van der Waals surface area contributed by atoms with E-state index in [1.54, 1.807) is 0 Å². The summed E-state index contributed by atoms with van der Waals surface area (Å²) in [4.78, 5) is 25.1. The van der Waals surface area contributed by atoms with E-state index in [2.05, 4.69) is 5.10 Å². The van der Waals surface area contributed by atoms with Crippen LogP contribution in [0.15, 0.2) is 0 Å². The Hall–Kier alpha value is -1.85. The van der Waals surface area contributed by atoms with E-state index < -0.39 is 5.97 Å².